The molecule has 0 spiro atoms. The molecule has 6 heteroatoms. The lowest BCUT2D eigenvalue weighted by atomic mass is 10.1. The number of carboxylic acid groups (broad SMARTS) is 2. The lowest BCUT2D eigenvalue weighted by Gasteiger charge is -2.08. The minimum Gasteiger partial charge on any atom is -0.481 e. The Balaban J connectivity index is 3.58. The minimum atomic E-state index is -1.29. The summed E-state index contributed by atoms with van der Waals surface area (Å²) in [5.74, 6) is -2.23. The molecule has 0 heterocycles. The van der Waals surface area contributed by atoms with Crippen LogP contribution in [0.5, 0.6) is 0 Å². The molecule has 0 rings (SSSR count). The van der Waals surface area contributed by atoms with Gasteiger partial charge in [0.25, 0.3) is 0 Å². The van der Waals surface area contributed by atoms with Gasteiger partial charge in [-0.25, -0.2) is 4.39 Å². The van der Waals surface area contributed by atoms with Gasteiger partial charge in [-0.15, -0.1) is 0 Å². The highest BCUT2D eigenvalue weighted by molar-refractivity contribution is 5.72. The molecule has 0 unspecified atom stereocenters. The maximum absolute atomic E-state index is 12.9. The average Bonchev–Trinajstić information content (AvgIpc) is 2.10. The fourth-order valence-corrected chi connectivity index (χ4v) is 0.908. The van der Waals surface area contributed by atoms with Crippen LogP contribution < -0.4 is 5.73 Å². The van der Waals surface area contributed by atoms with Crippen LogP contribution in [0.15, 0.2) is 0 Å². The summed E-state index contributed by atoms with van der Waals surface area (Å²) in [5.41, 5.74) is 5.14. The fraction of sp³-hybridized carbons (Fsp3) is 0.750. The van der Waals surface area contributed by atoms with Gasteiger partial charge in [0.05, 0.1) is 0 Å². The SMILES string of the molecule is N[C@H](CC[C@@H]([18F])CCC(=O)O)C(=O)O. The van der Waals surface area contributed by atoms with Crippen molar-refractivity contribution in [2.75, 3.05) is 0 Å². The first-order chi connectivity index (χ1) is 6.43. The number of hydrogen-bond donors (Lipinski definition) is 3. The third-order valence-electron chi connectivity index (χ3n) is 1.78. The Morgan fingerprint density at radius 2 is 1.79 bits per heavy atom. The Morgan fingerprint density at radius 1 is 1.21 bits per heavy atom. The van der Waals surface area contributed by atoms with Gasteiger partial charge in [0.1, 0.15) is 12.2 Å². The molecule has 0 aliphatic rings. The summed E-state index contributed by atoms with van der Waals surface area (Å²) in [6, 6.07) is -1.07. The molecule has 0 aromatic rings. The molecule has 0 bridgehead atoms. The van der Waals surface area contributed by atoms with Crippen LogP contribution in [0.1, 0.15) is 25.7 Å². The number of rotatable bonds is 7. The largest absolute Gasteiger partial charge is 0.481 e. The van der Waals surface area contributed by atoms with Gasteiger partial charge in [0.15, 0.2) is 0 Å². The van der Waals surface area contributed by atoms with Crippen molar-refractivity contribution in [1.29, 1.82) is 0 Å². The molecule has 0 aliphatic heterocycles. The van der Waals surface area contributed by atoms with Crippen LogP contribution in [0.2, 0.25) is 0 Å². The van der Waals surface area contributed by atoms with E-state index in [0.29, 0.717) is 0 Å². The minimum absolute atomic E-state index is 0.0131. The van der Waals surface area contributed by atoms with Crippen LogP contribution in [0.3, 0.4) is 0 Å². The smallest absolute Gasteiger partial charge is 0.320 e. The van der Waals surface area contributed by atoms with Crippen molar-refractivity contribution in [2.24, 2.45) is 5.73 Å². The molecular weight excluding hydrogens is 192 g/mol. The van der Waals surface area contributed by atoms with Crippen LogP contribution in [-0.2, 0) is 9.59 Å². The molecule has 0 radical (unpaired) electrons. The van der Waals surface area contributed by atoms with Crippen molar-refractivity contribution in [3.8, 4) is 0 Å². The topological polar surface area (TPSA) is 101 Å². The molecule has 4 N–H and O–H groups in total. The highest BCUT2D eigenvalue weighted by Crippen LogP contribution is 2.10. The normalized spacial score (nSPS) is 14.7. The first kappa shape index (κ1) is 12.8. The quantitative estimate of drug-likeness (QED) is 0.559. The molecule has 0 fully saturated rings. The van der Waals surface area contributed by atoms with Crippen molar-refractivity contribution < 1.29 is 24.2 Å². The Labute approximate surface area is 80.7 Å². The van der Waals surface area contributed by atoms with E-state index in [2.05, 4.69) is 0 Å². The first-order valence-corrected chi connectivity index (χ1v) is 4.27. The summed E-state index contributed by atoms with van der Waals surface area (Å²) in [5, 5.41) is 16.6. The average molecular weight is 206 g/mol. The molecule has 0 amide bonds. The predicted octanol–water partition coefficient (Wildman–Crippen LogP) is 0.381. The number of carbonyl (C=O) groups is 2. The monoisotopic (exact) mass is 206 g/mol. The third kappa shape index (κ3) is 6.36. The number of carboxylic acids is 2. The van der Waals surface area contributed by atoms with Gasteiger partial charge in [-0.3, -0.25) is 9.59 Å². The van der Waals surface area contributed by atoms with Crippen molar-refractivity contribution >= 4 is 11.9 Å². The number of alkyl halides is 1. The molecule has 14 heavy (non-hydrogen) atoms. The maximum atomic E-state index is 12.9. The van der Waals surface area contributed by atoms with E-state index in [1.807, 2.05) is 0 Å². The fourth-order valence-electron chi connectivity index (χ4n) is 0.908. The van der Waals surface area contributed by atoms with Crippen LogP contribution >= 0.6 is 0 Å². The number of halogens is 1. The van der Waals surface area contributed by atoms with Gasteiger partial charge in [-0.2, -0.15) is 0 Å². The lowest BCUT2D eigenvalue weighted by Crippen LogP contribution is -2.30. The second kappa shape index (κ2) is 6.31. The van der Waals surface area contributed by atoms with E-state index in [1.54, 1.807) is 0 Å². The van der Waals surface area contributed by atoms with E-state index in [0.717, 1.165) is 0 Å². The zero-order valence-corrected chi connectivity index (χ0v) is 7.65. The van der Waals surface area contributed by atoms with Crippen LogP contribution in [-0.4, -0.2) is 34.4 Å². The van der Waals surface area contributed by atoms with E-state index in [1.165, 1.54) is 0 Å². The number of hydrogen-bond acceptors (Lipinski definition) is 3. The molecule has 2 atom stereocenters. The zero-order chi connectivity index (χ0) is 11.1. The second-order valence-electron chi connectivity index (χ2n) is 3.05. The standard InChI is InChI=1S/C8H14FNO4/c9-5(2-4-7(11)12)1-3-6(10)8(13)14/h5-6H,1-4,10H2,(H,11,12)(H,13,14)/t5-,6-/m1/s1/i9-1. The van der Waals surface area contributed by atoms with Gasteiger partial charge < -0.3 is 15.9 Å². The Bertz CT molecular complexity index is 210. The van der Waals surface area contributed by atoms with Crippen LogP contribution in [0, 0.1) is 0 Å². The van der Waals surface area contributed by atoms with Gasteiger partial charge >= 0.3 is 11.9 Å². The summed E-state index contributed by atoms with van der Waals surface area (Å²) >= 11 is 0. The lowest BCUT2D eigenvalue weighted by molar-refractivity contribution is -0.139. The first-order valence-electron chi connectivity index (χ1n) is 4.27. The van der Waals surface area contributed by atoms with E-state index in [-0.39, 0.29) is 25.7 Å². The van der Waals surface area contributed by atoms with Crippen LogP contribution in [0.4, 0.5) is 4.39 Å². The summed E-state index contributed by atoms with van der Waals surface area (Å²) in [6.45, 7) is 0. The number of nitrogens with two attached hydrogens (primary N) is 1. The Kier molecular flexibility index (Phi) is 5.78. The summed E-state index contributed by atoms with van der Waals surface area (Å²) < 4.78 is 12.9. The number of aliphatic carboxylic acids is 2. The molecule has 5 nitrogen and oxygen atoms in total. The van der Waals surface area contributed by atoms with Crippen molar-refractivity contribution in [3.63, 3.8) is 0 Å². The Morgan fingerprint density at radius 3 is 2.21 bits per heavy atom. The second-order valence-corrected chi connectivity index (χ2v) is 3.05. The van der Waals surface area contributed by atoms with E-state index in [4.69, 9.17) is 15.9 Å². The van der Waals surface area contributed by atoms with Crippen molar-refractivity contribution in [1.82, 2.24) is 0 Å². The highest BCUT2D eigenvalue weighted by Gasteiger charge is 2.15. The van der Waals surface area contributed by atoms with Gasteiger partial charge in [0.2, 0.25) is 0 Å². The molecule has 0 saturated carbocycles. The van der Waals surface area contributed by atoms with Crippen molar-refractivity contribution in [2.45, 2.75) is 37.9 Å². The van der Waals surface area contributed by atoms with E-state index >= 15 is 0 Å². The molecule has 0 saturated heterocycles. The van der Waals surface area contributed by atoms with Gasteiger partial charge in [-0.05, 0) is 19.3 Å². The predicted molar refractivity (Wildman–Crippen MR) is 46.6 cm³/mol. The highest BCUT2D eigenvalue weighted by atomic mass is 18.2. The molecule has 0 aromatic carbocycles. The molecule has 0 aliphatic carbocycles. The van der Waals surface area contributed by atoms with E-state index < -0.39 is 24.2 Å². The summed E-state index contributed by atoms with van der Waals surface area (Å²) in [4.78, 5) is 20.3. The summed E-state index contributed by atoms with van der Waals surface area (Å²) in [7, 11) is 0. The summed E-state index contributed by atoms with van der Waals surface area (Å²) in [6.07, 6.45) is -1.63. The van der Waals surface area contributed by atoms with Gasteiger partial charge in [0, 0.05) is 6.42 Å². The maximum Gasteiger partial charge on any atom is 0.320 e. The molecular formula is C8H14FNO4. The van der Waals surface area contributed by atoms with Crippen molar-refractivity contribution in [3.05, 3.63) is 0 Å². The molecule has 82 valence electrons. The van der Waals surface area contributed by atoms with E-state index in [9.17, 15) is 14.0 Å². The third-order valence-corrected chi connectivity index (χ3v) is 1.78. The van der Waals surface area contributed by atoms with Gasteiger partial charge in [-0.1, -0.05) is 0 Å². The zero-order valence-electron chi connectivity index (χ0n) is 7.65. The Hall–Kier alpha value is -1.17. The van der Waals surface area contributed by atoms with Crippen LogP contribution in [0.25, 0.3) is 0 Å². The molecule has 0 aromatic heterocycles.